The summed E-state index contributed by atoms with van der Waals surface area (Å²) < 4.78 is 38.4. The van der Waals surface area contributed by atoms with Crippen molar-refractivity contribution in [2.24, 2.45) is 5.92 Å². The van der Waals surface area contributed by atoms with Crippen LogP contribution in [0, 0.1) is 17.6 Å². The SMILES string of the molecule is Nc1nc(Cc2cccc(F)c2F)nc(-c2noc(-c3ccc(OCC4CC4)nc3)n2)n1. The summed E-state index contributed by atoms with van der Waals surface area (Å²) in [4.78, 5) is 20.8. The van der Waals surface area contributed by atoms with Crippen molar-refractivity contribution in [2.75, 3.05) is 12.3 Å². The van der Waals surface area contributed by atoms with Crippen molar-refractivity contribution in [1.29, 1.82) is 0 Å². The Bertz CT molecular complexity index is 1260. The summed E-state index contributed by atoms with van der Waals surface area (Å²) in [7, 11) is 0. The van der Waals surface area contributed by atoms with Gasteiger partial charge in [0.1, 0.15) is 5.82 Å². The second-order valence-electron chi connectivity index (χ2n) is 7.39. The third-order valence-corrected chi connectivity index (χ3v) is 4.85. The highest BCUT2D eigenvalue weighted by Gasteiger charge is 2.22. The van der Waals surface area contributed by atoms with Crippen molar-refractivity contribution >= 4 is 5.95 Å². The fraction of sp³-hybridized carbons (Fsp3) is 0.238. The van der Waals surface area contributed by atoms with E-state index < -0.39 is 11.6 Å². The molecule has 1 saturated carbocycles. The lowest BCUT2D eigenvalue weighted by Gasteiger charge is -2.04. The maximum atomic E-state index is 14.0. The van der Waals surface area contributed by atoms with E-state index in [2.05, 4.69) is 30.1 Å². The molecule has 3 aromatic heterocycles. The predicted molar refractivity (Wildman–Crippen MR) is 108 cm³/mol. The Morgan fingerprint density at radius 3 is 2.69 bits per heavy atom. The highest BCUT2D eigenvalue weighted by Crippen LogP contribution is 2.29. The molecule has 0 unspecified atom stereocenters. The van der Waals surface area contributed by atoms with Gasteiger partial charge >= 0.3 is 0 Å². The van der Waals surface area contributed by atoms with Gasteiger partial charge in [-0.05, 0) is 36.5 Å². The molecule has 0 aliphatic heterocycles. The lowest BCUT2D eigenvalue weighted by atomic mass is 10.1. The minimum atomic E-state index is -0.966. The first-order valence-corrected chi connectivity index (χ1v) is 9.92. The Balaban J connectivity index is 1.35. The number of pyridine rings is 1. The van der Waals surface area contributed by atoms with Crippen molar-refractivity contribution in [3.05, 3.63) is 59.6 Å². The highest BCUT2D eigenvalue weighted by molar-refractivity contribution is 5.55. The minimum Gasteiger partial charge on any atom is -0.477 e. The van der Waals surface area contributed by atoms with E-state index in [9.17, 15) is 8.78 Å². The zero-order chi connectivity index (χ0) is 22.1. The van der Waals surface area contributed by atoms with Crippen LogP contribution in [-0.2, 0) is 6.42 Å². The number of ether oxygens (including phenoxy) is 1. The summed E-state index contributed by atoms with van der Waals surface area (Å²) in [5.41, 5.74) is 6.44. The van der Waals surface area contributed by atoms with Gasteiger partial charge in [-0.2, -0.15) is 15.0 Å². The van der Waals surface area contributed by atoms with E-state index in [1.54, 1.807) is 18.3 Å². The number of anilines is 1. The Morgan fingerprint density at radius 1 is 1.03 bits per heavy atom. The van der Waals surface area contributed by atoms with Crippen molar-refractivity contribution in [2.45, 2.75) is 19.3 Å². The molecule has 5 rings (SSSR count). The van der Waals surface area contributed by atoms with Crippen LogP contribution in [-0.4, -0.2) is 36.7 Å². The molecule has 162 valence electrons. The van der Waals surface area contributed by atoms with E-state index in [-0.39, 0.29) is 41.3 Å². The average Bonchev–Trinajstić information content (AvgIpc) is 3.49. The third kappa shape index (κ3) is 4.36. The topological polar surface area (TPSA) is 126 Å². The number of aromatic nitrogens is 6. The van der Waals surface area contributed by atoms with Gasteiger partial charge in [-0.3, -0.25) is 0 Å². The van der Waals surface area contributed by atoms with Gasteiger partial charge < -0.3 is 15.0 Å². The van der Waals surface area contributed by atoms with Crippen LogP contribution in [0.2, 0.25) is 0 Å². The van der Waals surface area contributed by atoms with E-state index in [1.807, 2.05) is 0 Å². The predicted octanol–water partition coefficient (Wildman–Crippen LogP) is 3.22. The quantitative estimate of drug-likeness (QED) is 0.464. The Hall–Kier alpha value is -4.02. The van der Waals surface area contributed by atoms with Crippen molar-refractivity contribution in [3.8, 4) is 29.0 Å². The summed E-state index contributed by atoms with van der Waals surface area (Å²) in [6, 6.07) is 7.37. The van der Waals surface area contributed by atoms with E-state index in [0.29, 0.717) is 24.0 Å². The van der Waals surface area contributed by atoms with Gasteiger partial charge in [-0.1, -0.05) is 17.3 Å². The zero-order valence-corrected chi connectivity index (χ0v) is 16.7. The molecule has 9 nitrogen and oxygen atoms in total. The fourth-order valence-corrected chi connectivity index (χ4v) is 2.98. The van der Waals surface area contributed by atoms with Gasteiger partial charge in [0.25, 0.3) is 5.89 Å². The Labute approximate surface area is 180 Å². The molecule has 0 radical (unpaired) electrons. The molecule has 1 aliphatic rings. The van der Waals surface area contributed by atoms with Crippen LogP contribution in [0.4, 0.5) is 14.7 Å². The van der Waals surface area contributed by atoms with Crippen LogP contribution in [0.5, 0.6) is 5.88 Å². The molecule has 0 amide bonds. The lowest BCUT2D eigenvalue weighted by Crippen LogP contribution is -2.07. The number of nitrogen functional groups attached to an aromatic ring is 1. The normalized spacial score (nSPS) is 13.3. The van der Waals surface area contributed by atoms with Crippen LogP contribution >= 0.6 is 0 Å². The number of halogens is 2. The van der Waals surface area contributed by atoms with Crippen molar-refractivity contribution < 1.29 is 18.0 Å². The molecule has 0 bridgehead atoms. The number of hydrogen-bond acceptors (Lipinski definition) is 9. The van der Waals surface area contributed by atoms with Crippen molar-refractivity contribution in [1.82, 2.24) is 30.1 Å². The summed E-state index contributed by atoms with van der Waals surface area (Å²) >= 11 is 0. The Kier molecular flexibility index (Phi) is 5.13. The summed E-state index contributed by atoms with van der Waals surface area (Å²) in [6.07, 6.45) is 3.88. The molecule has 11 heteroatoms. The van der Waals surface area contributed by atoms with Crippen LogP contribution in [0.25, 0.3) is 23.1 Å². The molecular weight excluding hydrogens is 420 g/mol. The van der Waals surface area contributed by atoms with E-state index in [0.717, 1.165) is 6.07 Å². The second kappa shape index (κ2) is 8.25. The molecule has 1 aliphatic carbocycles. The molecule has 1 aromatic carbocycles. The molecule has 4 aromatic rings. The molecule has 32 heavy (non-hydrogen) atoms. The Morgan fingerprint density at radius 2 is 1.91 bits per heavy atom. The van der Waals surface area contributed by atoms with Gasteiger partial charge in [-0.25, -0.2) is 18.7 Å². The van der Waals surface area contributed by atoms with Gasteiger partial charge in [0.2, 0.25) is 23.5 Å². The monoisotopic (exact) mass is 437 g/mol. The summed E-state index contributed by atoms with van der Waals surface area (Å²) in [5, 5.41) is 3.89. The number of rotatable bonds is 7. The minimum absolute atomic E-state index is 0.0525. The van der Waals surface area contributed by atoms with E-state index in [1.165, 1.54) is 25.0 Å². The van der Waals surface area contributed by atoms with Gasteiger partial charge in [0.15, 0.2) is 11.6 Å². The summed E-state index contributed by atoms with van der Waals surface area (Å²) in [5.74, 6) is -0.394. The van der Waals surface area contributed by atoms with Crippen LogP contribution < -0.4 is 10.5 Å². The van der Waals surface area contributed by atoms with Crippen LogP contribution in [0.3, 0.4) is 0 Å². The molecule has 3 heterocycles. The molecule has 0 saturated heterocycles. The molecular formula is C21H17F2N7O2. The highest BCUT2D eigenvalue weighted by atomic mass is 19.2. The zero-order valence-electron chi connectivity index (χ0n) is 16.7. The van der Waals surface area contributed by atoms with Crippen LogP contribution in [0.1, 0.15) is 24.2 Å². The standard InChI is InChI=1S/C21H17F2N7O2/c22-14-3-1-2-12(17(14)23)8-15-26-18(29-21(24)27-15)19-28-20(32-30-19)13-6-7-16(25-9-13)31-10-11-4-5-11/h1-3,6-7,9,11H,4-5,8,10H2,(H2,24,26,27,29). The van der Waals surface area contributed by atoms with E-state index >= 15 is 0 Å². The average molecular weight is 437 g/mol. The maximum Gasteiger partial charge on any atom is 0.259 e. The van der Waals surface area contributed by atoms with Crippen LogP contribution in [0.15, 0.2) is 41.1 Å². The summed E-state index contributed by atoms with van der Waals surface area (Å²) in [6.45, 7) is 0.666. The molecule has 2 N–H and O–H groups in total. The van der Waals surface area contributed by atoms with Crippen molar-refractivity contribution in [3.63, 3.8) is 0 Å². The maximum absolute atomic E-state index is 14.0. The first kappa shape index (κ1) is 19.9. The number of nitrogens with zero attached hydrogens (tertiary/aromatic N) is 6. The molecule has 1 fully saturated rings. The number of nitrogens with two attached hydrogens (primary N) is 1. The first-order chi connectivity index (χ1) is 15.5. The van der Waals surface area contributed by atoms with E-state index in [4.69, 9.17) is 15.0 Å². The first-order valence-electron chi connectivity index (χ1n) is 9.92. The third-order valence-electron chi connectivity index (χ3n) is 4.85. The number of benzene rings is 1. The molecule has 0 atom stereocenters. The smallest absolute Gasteiger partial charge is 0.259 e. The second-order valence-corrected chi connectivity index (χ2v) is 7.39. The van der Waals surface area contributed by atoms with Gasteiger partial charge in [-0.15, -0.1) is 0 Å². The number of hydrogen-bond donors (Lipinski definition) is 1. The van der Waals surface area contributed by atoms with Gasteiger partial charge in [0, 0.05) is 18.7 Å². The largest absolute Gasteiger partial charge is 0.477 e. The fourth-order valence-electron chi connectivity index (χ4n) is 2.98. The van der Waals surface area contributed by atoms with Gasteiger partial charge in [0.05, 0.1) is 12.2 Å². The molecule has 0 spiro atoms. The lowest BCUT2D eigenvalue weighted by molar-refractivity contribution is 0.288.